The molecule has 0 atom stereocenters. The van der Waals surface area contributed by atoms with E-state index in [-0.39, 0.29) is 5.41 Å². The molecular weight excluding hydrogens is 546 g/mol. The van der Waals surface area contributed by atoms with Gasteiger partial charge in [-0.15, -0.1) is 0 Å². The molecule has 0 unspecified atom stereocenters. The molecule has 2 heteroatoms. The summed E-state index contributed by atoms with van der Waals surface area (Å²) in [5.41, 5.74) is 13.0. The zero-order valence-electron chi connectivity index (χ0n) is 25.3. The van der Waals surface area contributed by atoms with Gasteiger partial charge in [-0.1, -0.05) is 111 Å². The van der Waals surface area contributed by atoms with E-state index in [4.69, 9.17) is 4.42 Å². The van der Waals surface area contributed by atoms with E-state index in [2.05, 4.69) is 158 Å². The summed E-state index contributed by atoms with van der Waals surface area (Å²) in [6.07, 6.45) is 0. The number of nitrogens with zero attached hydrogens (tertiary/aromatic N) is 1. The second-order valence-electron chi connectivity index (χ2n) is 12.6. The standard InChI is InChI=1S/C43H31NO/c1-43(2)39-14-8-6-12-35(39)38-27-33(22-25-40(38)43)44(31-19-16-29(17-20-31)28-10-4-3-5-11-28)32-21-24-34-30(26-32)18-23-37-36-13-7-9-15-41(36)45-42(34)37/h3-27H,1-2H3. The summed E-state index contributed by atoms with van der Waals surface area (Å²) in [5.74, 6) is 0. The lowest BCUT2D eigenvalue weighted by molar-refractivity contribution is 0.660. The van der Waals surface area contributed by atoms with Crippen LogP contribution in [0.2, 0.25) is 0 Å². The molecule has 0 spiro atoms. The van der Waals surface area contributed by atoms with Gasteiger partial charge < -0.3 is 9.32 Å². The second-order valence-corrected chi connectivity index (χ2v) is 12.6. The lowest BCUT2D eigenvalue weighted by Crippen LogP contribution is -2.15. The fourth-order valence-electron chi connectivity index (χ4n) is 7.37. The molecule has 1 aliphatic carbocycles. The molecule has 0 saturated heterocycles. The fourth-order valence-corrected chi connectivity index (χ4v) is 7.37. The molecule has 0 aliphatic heterocycles. The van der Waals surface area contributed by atoms with Gasteiger partial charge in [0.15, 0.2) is 0 Å². The van der Waals surface area contributed by atoms with Crippen molar-refractivity contribution in [1.29, 1.82) is 0 Å². The highest BCUT2D eigenvalue weighted by molar-refractivity contribution is 6.15. The molecule has 2 nitrogen and oxygen atoms in total. The Morgan fingerprint density at radius 2 is 1.11 bits per heavy atom. The van der Waals surface area contributed by atoms with Gasteiger partial charge in [-0.05, 0) is 93.4 Å². The maximum absolute atomic E-state index is 6.38. The molecule has 0 fully saturated rings. The van der Waals surface area contributed by atoms with Gasteiger partial charge in [-0.25, -0.2) is 0 Å². The smallest absolute Gasteiger partial charge is 0.143 e. The summed E-state index contributed by atoms with van der Waals surface area (Å²) in [4.78, 5) is 2.38. The summed E-state index contributed by atoms with van der Waals surface area (Å²) >= 11 is 0. The van der Waals surface area contributed by atoms with Gasteiger partial charge in [-0.3, -0.25) is 0 Å². The minimum Gasteiger partial charge on any atom is -0.455 e. The van der Waals surface area contributed by atoms with E-state index in [0.717, 1.165) is 49.8 Å². The largest absolute Gasteiger partial charge is 0.455 e. The van der Waals surface area contributed by atoms with E-state index < -0.39 is 0 Å². The molecule has 1 heterocycles. The number of anilines is 3. The topological polar surface area (TPSA) is 16.4 Å². The van der Waals surface area contributed by atoms with Gasteiger partial charge in [0.25, 0.3) is 0 Å². The summed E-state index contributed by atoms with van der Waals surface area (Å²) in [7, 11) is 0. The summed E-state index contributed by atoms with van der Waals surface area (Å²) in [6, 6.07) is 54.7. The van der Waals surface area contributed by atoms with Crippen molar-refractivity contribution in [3.8, 4) is 22.3 Å². The Kier molecular flexibility index (Phi) is 5.58. The van der Waals surface area contributed by atoms with E-state index in [0.29, 0.717) is 0 Å². The van der Waals surface area contributed by atoms with Crippen LogP contribution in [0.1, 0.15) is 25.0 Å². The van der Waals surface area contributed by atoms with Crippen LogP contribution in [-0.4, -0.2) is 0 Å². The van der Waals surface area contributed by atoms with Gasteiger partial charge in [0.1, 0.15) is 11.2 Å². The van der Waals surface area contributed by atoms with Crippen LogP contribution in [0.15, 0.2) is 156 Å². The van der Waals surface area contributed by atoms with E-state index in [1.807, 2.05) is 12.1 Å². The number of hydrogen-bond acceptors (Lipinski definition) is 2. The molecule has 1 aromatic heterocycles. The average molecular weight is 578 g/mol. The lowest BCUT2D eigenvalue weighted by Gasteiger charge is -2.27. The van der Waals surface area contributed by atoms with Crippen LogP contribution in [0.5, 0.6) is 0 Å². The molecule has 8 aromatic rings. The monoisotopic (exact) mass is 577 g/mol. The lowest BCUT2D eigenvalue weighted by atomic mass is 9.82. The summed E-state index contributed by atoms with van der Waals surface area (Å²) in [5, 5.41) is 4.58. The van der Waals surface area contributed by atoms with Crippen molar-refractivity contribution in [3.63, 3.8) is 0 Å². The third kappa shape index (κ3) is 3.96. The number of furan rings is 1. The first kappa shape index (κ1) is 25.9. The molecule has 0 N–H and O–H groups in total. The molecule has 0 radical (unpaired) electrons. The minimum absolute atomic E-state index is 0.0342. The zero-order chi connectivity index (χ0) is 30.1. The molecule has 0 bridgehead atoms. The van der Waals surface area contributed by atoms with Crippen LogP contribution in [0.3, 0.4) is 0 Å². The van der Waals surface area contributed by atoms with Crippen molar-refractivity contribution in [2.24, 2.45) is 0 Å². The number of benzene rings is 7. The molecule has 214 valence electrons. The normalized spacial score (nSPS) is 13.3. The molecule has 0 amide bonds. The molecule has 0 saturated carbocycles. The molecular formula is C43H31NO. The van der Waals surface area contributed by atoms with Gasteiger partial charge in [0.2, 0.25) is 0 Å². The molecule has 1 aliphatic rings. The van der Waals surface area contributed by atoms with Crippen molar-refractivity contribution in [1.82, 2.24) is 0 Å². The Labute approximate surface area is 262 Å². The van der Waals surface area contributed by atoms with Crippen molar-refractivity contribution >= 4 is 49.8 Å². The van der Waals surface area contributed by atoms with Crippen LogP contribution >= 0.6 is 0 Å². The van der Waals surface area contributed by atoms with Crippen molar-refractivity contribution in [2.75, 3.05) is 4.90 Å². The summed E-state index contributed by atoms with van der Waals surface area (Å²) in [6.45, 7) is 4.67. The highest BCUT2D eigenvalue weighted by Gasteiger charge is 2.35. The first-order chi connectivity index (χ1) is 22.1. The molecule has 7 aromatic carbocycles. The molecule has 45 heavy (non-hydrogen) atoms. The average Bonchev–Trinajstić information content (AvgIpc) is 3.58. The van der Waals surface area contributed by atoms with E-state index in [1.54, 1.807) is 0 Å². The van der Waals surface area contributed by atoms with Crippen LogP contribution < -0.4 is 4.90 Å². The van der Waals surface area contributed by atoms with Crippen LogP contribution in [-0.2, 0) is 5.41 Å². The highest BCUT2D eigenvalue weighted by atomic mass is 16.3. The number of rotatable bonds is 4. The Hall–Kier alpha value is -5.60. The number of hydrogen-bond donors (Lipinski definition) is 0. The highest BCUT2D eigenvalue weighted by Crippen LogP contribution is 2.50. The minimum atomic E-state index is -0.0342. The third-order valence-electron chi connectivity index (χ3n) is 9.66. The predicted octanol–water partition coefficient (Wildman–Crippen LogP) is 12.2. The predicted molar refractivity (Wildman–Crippen MR) is 189 cm³/mol. The van der Waals surface area contributed by atoms with E-state index in [1.165, 1.54) is 33.4 Å². The van der Waals surface area contributed by atoms with Gasteiger partial charge in [-0.2, -0.15) is 0 Å². The quantitative estimate of drug-likeness (QED) is 0.207. The maximum atomic E-state index is 6.38. The van der Waals surface area contributed by atoms with Crippen LogP contribution in [0.25, 0.3) is 55.0 Å². The second kappa shape index (κ2) is 9.70. The first-order valence-electron chi connectivity index (χ1n) is 15.6. The SMILES string of the molecule is CC1(C)c2ccccc2-c2cc(N(c3ccc(-c4ccccc4)cc3)c3ccc4c(ccc5c6ccccc6oc45)c3)ccc21. The van der Waals surface area contributed by atoms with Crippen molar-refractivity contribution < 1.29 is 4.42 Å². The van der Waals surface area contributed by atoms with Crippen molar-refractivity contribution in [2.45, 2.75) is 19.3 Å². The zero-order valence-corrected chi connectivity index (χ0v) is 25.3. The third-order valence-corrected chi connectivity index (χ3v) is 9.66. The number of para-hydroxylation sites is 1. The van der Waals surface area contributed by atoms with Gasteiger partial charge >= 0.3 is 0 Å². The molecule has 9 rings (SSSR count). The van der Waals surface area contributed by atoms with E-state index >= 15 is 0 Å². The van der Waals surface area contributed by atoms with E-state index in [9.17, 15) is 0 Å². The Morgan fingerprint density at radius 1 is 0.467 bits per heavy atom. The van der Waals surface area contributed by atoms with Gasteiger partial charge in [0.05, 0.1) is 0 Å². The van der Waals surface area contributed by atoms with Crippen LogP contribution in [0, 0.1) is 0 Å². The first-order valence-corrected chi connectivity index (χ1v) is 15.6. The Bertz CT molecular complexity index is 2400. The Morgan fingerprint density at radius 3 is 1.98 bits per heavy atom. The number of fused-ring (bicyclic) bond motifs is 8. The van der Waals surface area contributed by atoms with Gasteiger partial charge in [0, 0.05) is 38.6 Å². The Balaban J connectivity index is 1.23. The fraction of sp³-hybridized carbons (Fsp3) is 0.0698. The maximum Gasteiger partial charge on any atom is 0.143 e. The van der Waals surface area contributed by atoms with Crippen molar-refractivity contribution in [3.05, 3.63) is 163 Å². The summed E-state index contributed by atoms with van der Waals surface area (Å²) < 4.78 is 6.38. The van der Waals surface area contributed by atoms with Crippen LogP contribution in [0.4, 0.5) is 17.1 Å².